The average molecular weight is 457 g/mol. The van der Waals surface area contributed by atoms with Gasteiger partial charge in [-0.15, -0.1) is 11.3 Å². The first-order valence-corrected chi connectivity index (χ1v) is 12.1. The highest BCUT2D eigenvalue weighted by Crippen LogP contribution is 2.39. The number of nitrogens with two attached hydrogens (primary N) is 1. The second-order valence-electron chi connectivity index (χ2n) is 8.87. The minimum absolute atomic E-state index is 0.0830. The van der Waals surface area contributed by atoms with Gasteiger partial charge in [0.15, 0.2) is 0 Å². The average Bonchev–Trinajstić information content (AvgIpc) is 3.12. The lowest BCUT2D eigenvalue weighted by molar-refractivity contribution is -0.117. The third-order valence-corrected chi connectivity index (χ3v) is 7.55. The van der Waals surface area contributed by atoms with Crippen LogP contribution < -0.4 is 15.8 Å². The molecule has 1 saturated heterocycles. The number of methoxy groups -OCH3 is 1. The van der Waals surface area contributed by atoms with E-state index < -0.39 is 5.91 Å². The van der Waals surface area contributed by atoms with E-state index in [0.29, 0.717) is 23.0 Å². The van der Waals surface area contributed by atoms with Crippen LogP contribution in [-0.2, 0) is 24.2 Å². The highest BCUT2D eigenvalue weighted by atomic mass is 32.1. The van der Waals surface area contributed by atoms with Crippen LogP contribution in [-0.4, -0.2) is 61.4 Å². The molecule has 0 saturated carbocycles. The number of benzene rings is 1. The predicted octanol–water partition coefficient (Wildman–Crippen LogP) is 2.74. The van der Waals surface area contributed by atoms with Crippen molar-refractivity contribution in [1.29, 1.82) is 0 Å². The number of hydrogen-bond donors (Lipinski definition) is 2. The first-order chi connectivity index (χ1) is 15.4. The molecule has 1 aromatic carbocycles. The van der Waals surface area contributed by atoms with Crippen LogP contribution in [0.15, 0.2) is 24.3 Å². The van der Waals surface area contributed by atoms with E-state index in [2.05, 4.69) is 34.2 Å². The molecule has 3 N–H and O–H groups in total. The number of primary amides is 1. The molecule has 8 heteroatoms. The highest BCUT2D eigenvalue weighted by molar-refractivity contribution is 7.17. The third-order valence-electron chi connectivity index (χ3n) is 6.38. The molecule has 1 fully saturated rings. The maximum Gasteiger partial charge on any atom is 0.251 e. The topological polar surface area (TPSA) is 87.9 Å². The van der Waals surface area contributed by atoms with E-state index in [9.17, 15) is 9.59 Å². The minimum atomic E-state index is -0.446. The van der Waals surface area contributed by atoms with E-state index >= 15 is 0 Å². The molecule has 1 unspecified atom stereocenters. The maximum atomic E-state index is 12.8. The van der Waals surface area contributed by atoms with Crippen LogP contribution in [0.3, 0.4) is 0 Å². The normalized spacial score (nSPS) is 19.4. The zero-order chi connectivity index (χ0) is 22.7. The Morgan fingerprint density at radius 3 is 2.69 bits per heavy atom. The summed E-state index contributed by atoms with van der Waals surface area (Å²) < 4.78 is 5.31. The largest absolute Gasteiger partial charge is 0.497 e. The summed E-state index contributed by atoms with van der Waals surface area (Å²) in [5, 5.41) is 3.61. The van der Waals surface area contributed by atoms with Crippen LogP contribution in [0, 0.1) is 5.92 Å². The van der Waals surface area contributed by atoms with Gasteiger partial charge >= 0.3 is 0 Å². The number of nitrogens with zero attached hydrogens (tertiary/aromatic N) is 2. The number of nitrogens with one attached hydrogen (secondary N) is 1. The molecule has 0 radical (unpaired) electrons. The van der Waals surface area contributed by atoms with Crippen LogP contribution >= 0.6 is 11.3 Å². The monoisotopic (exact) mass is 456 g/mol. The third kappa shape index (κ3) is 5.31. The molecule has 0 bridgehead atoms. The van der Waals surface area contributed by atoms with Gasteiger partial charge in [0, 0.05) is 37.6 Å². The van der Waals surface area contributed by atoms with E-state index in [-0.39, 0.29) is 5.91 Å². The lowest BCUT2D eigenvalue weighted by Crippen LogP contribution is -2.48. The van der Waals surface area contributed by atoms with E-state index in [1.54, 1.807) is 7.11 Å². The Labute approximate surface area is 193 Å². The fraction of sp³-hybridized carbons (Fsp3) is 0.500. The van der Waals surface area contributed by atoms with Gasteiger partial charge in [-0.1, -0.05) is 19.1 Å². The van der Waals surface area contributed by atoms with Crippen molar-refractivity contribution in [2.24, 2.45) is 11.7 Å². The molecule has 7 nitrogen and oxygen atoms in total. The molecular formula is C24H32N4O3S. The molecule has 32 heavy (non-hydrogen) atoms. The second-order valence-corrected chi connectivity index (χ2v) is 9.98. The van der Waals surface area contributed by atoms with Gasteiger partial charge in [-0.05, 0) is 48.4 Å². The Bertz CT molecular complexity index is 982. The van der Waals surface area contributed by atoms with Gasteiger partial charge in [0.05, 0.1) is 19.2 Å². The Hall–Kier alpha value is -2.42. The minimum Gasteiger partial charge on any atom is -0.497 e. The van der Waals surface area contributed by atoms with Crippen molar-refractivity contribution in [3.8, 4) is 5.75 Å². The van der Waals surface area contributed by atoms with Crippen molar-refractivity contribution >= 4 is 28.2 Å². The van der Waals surface area contributed by atoms with Crippen LogP contribution in [0.25, 0.3) is 0 Å². The molecule has 172 valence electrons. The summed E-state index contributed by atoms with van der Waals surface area (Å²) in [5.74, 6) is 0.940. The summed E-state index contributed by atoms with van der Waals surface area (Å²) in [4.78, 5) is 30.6. The number of rotatable bonds is 7. The van der Waals surface area contributed by atoms with Crippen molar-refractivity contribution in [2.75, 3.05) is 45.2 Å². The predicted molar refractivity (Wildman–Crippen MR) is 127 cm³/mol. The number of ether oxygens (including phenoxy) is 1. The number of piperazine rings is 1. The molecule has 2 heterocycles. The number of carbonyl (C=O) groups is 2. The Morgan fingerprint density at radius 1 is 1.22 bits per heavy atom. The maximum absolute atomic E-state index is 12.8. The van der Waals surface area contributed by atoms with E-state index in [4.69, 9.17) is 10.5 Å². The van der Waals surface area contributed by atoms with Gasteiger partial charge in [0.1, 0.15) is 10.8 Å². The van der Waals surface area contributed by atoms with Gasteiger partial charge < -0.3 is 15.8 Å². The summed E-state index contributed by atoms with van der Waals surface area (Å²) >= 11 is 1.52. The lowest BCUT2D eigenvalue weighted by Gasteiger charge is -2.34. The Kier molecular flexibility index (Phi) is 7.13. The smallest absolute Gasteiger partial charge is 0.251 e. The molecular weight excluding hydrogens is 424 g/mol. The quantitative estimate of drug-likeness (QED) is 0.669. The van der Waals surface area contributed by atoms with Crippen molar-refractivity contribution < 1.29 is 14.3 Å². The number of thiophene rings is 1. The van der Waals surface area contributed by atoms with Crippen LogP contribution in [0.5, 0.6) is 5.75 Å². The molecule has 2 aromatic rings. The van der Waals surface area contributed by atoms with Crippen molar-refractivity contribution in [3.63, 3.8) is 0 Å². The summed E-state index contributed by atoms with van der Waals surface area (Å²) in [5.41, 5.74) is 8.46. The summed E-state index contributed by atoms with van der Waals surface area (Å²) in [7, 11) is 1.68. The number of amides is 2. The van der Waals surface area contributed by atoms with Crippen LogP contribution in [0.4, 0.5) is 5.00 Å². The molecule has 1 aliphatic carbocycles. The molecule has 2 amide bonds. The molecule has 1 atom stereocenters. The molecule has 1 aromatic heterocycles. The van der Waals surface area contributed by atoms with E-state index in [1.165, 1.54) is 21.8 Å². The van der Waals surface area contributed by atoms with Crippen molar-refractivity contribution in [3.05, 3.63) is 45.8 Å². The number of hydrogen-bond acceptors (Lipinski definition) is 6. The van der Waals surface area contributed by atoms with Crippen molar-refractivity contribution in [1.82, 2.24) is 9.80 Å². The van der Waals surface area contributed by atoms with Crippen LogP contribution in [0.2, 0.25) is 0 Å². The SMILES string of the molecule is COc1cccc(CN2CCN(CC(=O)Nc3sc4c(c3C(N)=O)CCC(C)C4)CC2)c1. The van der Waals surface area contributed by atoms with Gasteiger partial charge in [-0.25, -0.2) is 0 Å². The van der Waals surface area contributed by atoms with Crippen molar-refractivity contribution in [2.45, 2.75) is 32.7 Å². The second kappa shape index (κ2) is 10.0. The van der Waals surface area contributed by atoms with Gasteiger partial charge in [-0.2, -0.15) is 0 Å². The number of anilines is 1. The van der Waals surface area contributed by atoms with E-state index in [0.717, 1.165) is 63.3 Å². The summed E-state index contributed by atoms with van der Waals surface area (Å²) in [6, 6.07) is 8.14. The number of carbonyl (C=O) groups excluding carboxylic acids is 2. The molecule has 4 rings (SSSR count). The molecule has 1 aliphatic heterocycles. The molecule has 2 aliphatic rings. The fourth-order valence-electron chi connectivity index (χ4n) is 4.60. The standard InChI is InChI=1S/C24H32N4O3S/c1-16-6-7-19-20(12-16)32-24(22(19)23(25)30)26-21(29)15-28-10-8-27(9-11-28)14-17-4-3-5-18(13-17)31-2/h3-5,13,16H,6-12,14-15H2,1-2H3,(H2,25,30)(H,26,29). The lowest BCUT2D eigenvalue weighted by atomic mass is 9.88. The Morgan fingerprint density at radius 2 is 1.97 bits per heavy atom. The first kappa shape index (κ1) is 22.8. The Balaban J connectivity index is 1.31. The fourth-order valence-corrected chi connectivity index (χ4v) is 6.04. The van der Waals surface area contributed by atoms with E-state index in [1.807, 2.05) is 12.1 Å². The highest BCUT2D eigenvalue weighted by Gasteiger charge is 2.28. The van der Waals surface area contributed by atoms with Gasteiger partial charge in [0.2, 0.25) is 5.91 Å². The zero-order valence-corrected chi connectivity index (χ0v) is 19.7. The number of fused-ring (bicyclic) bond motifs is 1. The summed E-state index contributed by atoms with van der Waals surface area (Å²) in [6.07, 6.45) is 2.86. The summed E-state index contributed by atoms with van der Waals surface area (Å²) in [6.45, 7) is 6.89. The van der Waals surface area contributed by atoms with Gasteiger partial charge in [-0.3, -0.25) is 19.4 Å². The van der Waals surface area contributed by atoms with Crippen LogP contribution in [0.1, 0.15) is 39.7 Å². The zero-order valence-electron chi connectivity index (χ0n) is 18.9. The van der Waals surface area contributed by atoms with Gasteiger partial charge in [0.25, 0.3) is 5.91 Å². The molecule has 0 spiro atoms. The first-order valence-electron chi connectivity index (χ1n) is 11.2.